The summed E-state index contributed by atoms with van der Waals surface area (Å²) in [6, 6.07) is 9.69. The van der Waals surface area contributed by atoms with Crippen molar-refractivity contribution in [1.82, 2.24) is 14.5 Å². The highest BCUT2D eigenvalue weighted by atomic mass is 35.5. The number of benzene rings is 1. The van der Waals surface area contributed by atoms with Gasteiger partial charge in [0, 0.05) is 11.2 Å². The second-order valence-corrected chi connectivity index (χ2v) is 5.27. The van der Waals surface area contributed by atoms with Crippen molar-refractivity contribution in [2.75, 3.05) is 0 Å². The Morgan fingerprint density at radius 1 is 1.37 bits per heavy atom. The molecule has 0 bridgehead atoms. The first-order chi connectivity index (χ1) is 9.15. The molecule has 19 heavy (non-hydrogen) atoms. The number of nitrogens with one attached hydrogen (secondary N) is 1. The van der Waals surface area contributed by atoms with Crippen molar-refractivity contribution in [3.63, 3.8) is 0 Å². The lowest BCUT2D eigenvalue weighted by Crippen LogP contribution is -2.03. The molecule has 3 aromatic rings. The number of aromatic amines is 1. The quantitative estimate of drug-likeness (QED) is 0.721. The fourth-order valence-corrected chi connectivity index (χ4v) is 2.56. The zero-order valence-electron chi connectivity index (χ0n) is 10.4. The Hall–Kier alpha value is -1.65. The van der Waals surface area contributed by atoms with E-state index in [1.54, 1.807) is 6.20 Å². The molecule has 0 aliphatic heterocycles. The fraction of sp³-hybridized carbons (Fsp3) is 0.143. The smallest absolute Gasteiger partial charge is 0.178 e. The Morgan fingerprint density at radius 2 is 2.21 bits per heavy atom. The third-order valence-corrected chi connectivity index (χ3v) is 3.72. The molecular weight excluding hydrogens is 278 g/mol. The van der Waals surface area contributed by atoms with Crippen LogP contribution in [0.15, 0.2) is 36.5 Å². The summed E-state index contributed by atoms with van der Waals surface area (Å²) in [6.45, 7) is 2.69. The molecule has 1 aromatic carbocycles. The summed E-state index contributed by atoms with van der Waals surface area (Å²) in [5.74, 6) is 0. The molecule has 0 unspecified atom stereocenters. The molecule has 96 valence electrons. The molecule has 0 fully saturated rings. The number of hydrogen-bond donors (Lipinski definition) is 1. The molecule has 3 nitrogen and oxygen atoms in total. The summed E-state index contributed by atoms with van der Waals surface area (Å²) in [4.78, 5) is 7.59. The molecule has 1 N–H and O–H groups in total. The predicted molar refractivity (Wildman–Crippen MR) is 80.2 cm³/mol. The standard InChI is InChI=1S/C14H12ClN3S/c1-9-3-2-6-16-12(9)8-18-13-7-10(15)4-5-11(13)17-14(18)19/h2-7H,8H2,1H3,(H,17,19). The van der Waals surface area contributed by atoms with Gasteiger partial charge >= 0.3 is 0 Å². The van der Waals surface area contributed by atoms with Crippen LogP contribution in [0, 0.1) is 11.7 Å². The van der Waals surface area contributed by atoms with Gasteiger partial charge in [-0.1, -0.05) is 17.7 Å². The van der Waals surface area contributed by atoms with Crippen LogP contribution in [0.25, 0.3) is 11.0 Å². The Balaban J connectivity index is 2.15. The minimum Gasteiger partial charge on any atom is -0.331 e. The van der Waals surface area contributed by atoms with Crippen molar-refractivity contribution in [3.05, 3.63) is 57.6 Å². The number of pyridine rings is 1. The lowest BCUT2D eigenvalue weighted by atomic mass is 10.2. The van der Waals surface area contributed by atoms with E-state index in [9.17, 15) is 0 Å². The maximum atomic E-state index is 6.06. The van der Waals surface area contributed by atoms with Crippen LogP contribution in [0.1, 0.15) is 11.3 Å². The summed E-state index contributed by atoms with van der Waals surface area (Å²) in [7, 11) is 0. The molecular formula is C14H12ClN3S. The van der Waals surface area contributed by atoms with Crippen LogP contribution in [-0.2, 0) is 6.54 Å². The topological polar surface area (TPSA) is 33.6 Å². The summed E-state index contributed by atoms with van der Waals surface area (Å²) >= 11 is 11.4. The molecule has 2 aromatic heterocycles. The van der Waals surface area contributed by atoms with Gasteiger partial charge in [0.1, 0.15) is 0 Å². The Kier molecular flexibility index (Phi) is 3.12. The molecule has 0 saturated heterocycles. The lowest BCUT2D eigenvalue weighted by molar-refractivity contribution is 0.778. The molecule has 0 atom stereocenters. The summed E-state index contributed by atoms with van der Waals surface area (Å²) in [5.41, 5.74) is 4.16. The fourth-order valence-electron chi connectivity index (χ4n) is 2.12. The molecule has 2 heterocycles. The van der Waals surface area contributed by atoms with E-state index in [0.717, 1.165) is 22.3 Å². The van der Waals surface area contributed by atoms with Gasteiger partial charge in [0.25, 0.3) is 0 Å². The molecule has 0 aliphatic carbocycles. The lowest BCUT2D eigenvalue weighted by Gasteiger charge is -2.06. The zero-order chi connectivity index (χ0) is 13.4. The molecule has 0 amide bonds. The van der Waals surface area contributed by atoms with Crippen molar-refractivity contribution in [2.45, 2.75) is 13.5 Å². The van der Waals surface area contributed by atoms with Gasteiger partial charge in [-0.25, -0.2) is 0 Å². The third-order valence-electron chi connectivity index (χ3n) is 3.16. The first kappa shape index (κ1) is 12.4. The van der Waals surface area contributed by atoms with Crippen LogP contribution in [-0.4, -0.2) is 14.5 Å². The minimum atomic E-state index is 0.645. The van der Waals surface area contributed by atoms with Gasteiger partial charge in [-0.05, 0) is 49.0 Å². The van der Waals surface area contributed by atoms with Gasteiger partial charge in [-0.3, -0.25) is 4.98 Å². The third kappa shape index (κ3) is 2.29. The maximum absolute atomic E-state index is 6.06. The largest absolute Gasteiger partial charge is 0.331 e. The highest BCUT2D eigenvalue weighted by Crippen LogP contribution is 2.20. The van der Waals surface area contributed by atoms with Crippen LogP contribution in [0.3, 0.4) is 0 Å². The SMILES string of the molecule is Cc1cccnc1Cn1c(=S)[nH]c2ccc(Cl)cc21. The van der Waals surface area contributed by atoms with Crippen LogP contribution in [0.5, 0.6) is 0 Å². The highest BCUT2D eigenvalue weighted by Gasteiger charge is 2.07. The Labute approximate surface area is 120 Å². The van der Waals surface area contributed by atoms with Crippen molar-refractivity contribution in [3.8, 4) is 0 Å². The number of aromatic nitrogens is 3. The van der Waals surface area contributed by atoms with Crippen molar-refractivity contribution in [2.24, 2.45) is 0 Å². The van der Waals surface area contributed by atoms with E-state index in [1.165, 1.54) is 0 Å². The minimum absolute atomic E-state index is 0.645. The van der Waals surface area contributed by atoms with Gasteiger partial charge in [-0.15, -0.1) is 0 Å². The maximum Gasteiger partial charge on any atom is 0.178 e. The molecule has 0 radical (unpaired) electrons. The van der Waals surface area contributed by atoms with E-state index in [2.05, 4.69) is 9.97 Å². The van der Waals surface area contributed by atoms with E-state index >= 15 is 0 Å². The van der Waals surface area contributed by atoms with Crippen LogP contribution >= 0.6 is 23.8 Å². The number of halogens is 1. The van der Waals surface area contributed by atoms with Gasteiger partial charge < -0.3 is 9.55 Å². The summed E-state index contributed by atoms with van der Waals surface area (Å²) in [5, 5.41) is 0.702. The predicted octanol–water partition coefficient (Wildman–Crippen LogP) is 4.10. The van der Waals surface area contributed by atoms with Gasteiger partial charge in [0.05, 0.1) is 23.3 Å². The number of nitrogens with zero attached hydrogens (tertiary/aromatic N) is 2. The Morgan fingerprint density at radius 3 is 3.00 bits per heavy atom. The van der Waals surface area contributed by atoms with E-state index in [4.69, 9.17) is 23.8 Å². The number of imidazole rings is 1. The summed E-state index contributed by atoms with van der Waals surface area (Å²) < 4.78 is 2.70. The average molecular weight is 290 g/mol. The highest BCUT2D eigenvalue weighted by molar-refractivity contribution is 7.71. The first-order valence-electron chi connectivity index (χ1n) is 5.94. The van der Waals surface area contributed by atoms with E-state index < -0.39 is 0 Å². The van der Waals surface area contributed by atoms with Crippen molar-refractivity contribution in [1.29, 1.82) is 0 Å². The second-order valence-electron chi connectivity index (χ2n) is 4.44. The molecule has 0 aliphatic rings. The van der Waals surface area contributed by atoms with E-state index in [0.29, 0.717) is 16.3 Å². The van der Waals surface area contributed by atoms with Gasteiger partial charge in [0.2, 0.25) is 0 Å². The van der Waals surface area contributed by atoms with E-state index in [1.807, 2.05) is 41.8 Å². The summed E-state index contributed by atoms with van der Waals surface area (Å²) in [6.07, 6.45) is 1.80. The van der Waals surface area contributed by atoms with Crippen molar-refractivity contribution < 1.29 is 0 Å². The van der Waals surface area contributed by atoms with Gasteiger partial charge in [-0.2, -0.15) is 0 Å². The number of hydrogen-bond acceptors (Lipinski definition) is 2. The number of rotatable bonds is 2. The average Bonchev–Trinajstić information content (AvgIpc) is 2.69. The van der Waals surface area contributed by atoms with Crippen LogP contribution < -0.4 is 0 Å². The second kappa shape index (κ2) is 4.79. The first-order valence-corrected chi connectivity index (χ1v) is 6.72. The molecule has 3 rings (SSSR count). The van der Waals surface area contributed by atoms with E-state index in [-0.39, 0.29) is 0 Å². The van der Waals surface area contributed by atoms with Crippen LogP contribution in [0.4, 0.5) is 0 Å². The van der Waals surface area contributed by atoms with Crippen LogP contribution in [0.2, 0.25) is 5.02 Å². The number of H-pyrrole nitrogens is 1. The zero-order valence-corrected chi connectivity index (χ0v) is 11.9. The molecule has 5 heteroatoms. The number of aryl methyl sites for hydroxylation is 1. The molecule has 0 saturated carbocycles. The Bertz CT molecular complexity index is 804. The monoisotopic (exact) mass is 289 g/mol. The van der Waals surface area contributed by atoms with Crippen molar-refractivity contribution >= 4 is 34.9 Å². The normalized spacial score (nSPS) is 11.1. The van der Waals surface area contributed by atoms with Gasteiger partial charge in [0.15, 0.2) is 4.77 Å². The molecule has 0 spiro atoms. The number of fused-ring (bicyclic) bond motifs is 1.